The third-order valence-electron chi connectivity index (χ3n) is 5.58. The SMILES string of the molecule is OC1C(NCc2ccc3c(c2)OCO3)C2COC(O2)C1N1CCOCC1. The molecule has 1 aromatic carbocycles. The van der Waals surface area contributed by atoms with E-state index in [1.165, 1.54) is 0 Å². The standard InChI is InChI=1S/C18H24N2O6/c21-17-15(19-8-11-1-2-12-13(7-11)25-10-24-12)14-9-23-18(26-14)16(17)20-3-5-22-6-4-20/h1-2,7,14-19,21H,3-6,8-10H2. The molecule has 5 rings (SSSR count). The lowest BCUT2D eigenvalue weighted by atomic mass is 9.94. The molecule has 0 spiro atoms. The second-order valence-electron chi connectivity index (χ2n) is 7.10. The van der Waals surface area contributed by atoms with Gasteiger partial charge in [0.25, 0.3) is 0 Å². The molecule has 4 aliphatic heterocycles. The lowest BCUT2D eigenvalue weighted by Crippen LogP contribution is -2.65. The Morgan fingerprint density at radius 1 is 1.15 bits per heavy atom. The molecule has 0 saturated carbocycles. The van der Waals surface area contributed by atoms with Crippen molar-refractivity contribution in [3.05, 3.63) is 23.8 Å². The summed E-state index contributed by atoms with van der Waals surface area (Å²) in [5.41, 5.74) is 1.07. The monoisotopic (exact) mass is 364 g/mol. The maximum absolute atomic E-state index is 11.0. The fraction of sp³-hybridized carbons (Fsp3) is 0.667. The lowest BCUT2D eigenvalue weighted by Gasteiger charge is -2.45. The van der Waals surface area contributed by atoms with Crippen LogP contribution in [0.25, 0.3) is 0 Å². The number of benzene rings is 1. The van der Waals surface area contributed by atoms with Crippen molar-refractivity contribution in [3.63, 3.8) is 0 Å². The molecule has 0 radical (unpaired) electrons. The van der Waals surface area contributed by atoms with E-state index in [9.17, 15) is 5.11 Å². The number of fused-ring (bicyclic) bond motifs is 3. The number of hydrogen-bond acceptors (Lipinski definition) is 8. The van der Waals surface area contributed by atoms with Crippen molar-refractivity contribution in [1.82, 2.24) is 10.2 Å². The summed E-state index contributed by atoms with van der Waals surface area (Å²) in [5, 5.41) is 14.5. The van der Waals surface area contributed by atoms with Crippen molar-refractivity contribution < 1.29 is 28.8 Å². The molecule has 4 heterocycles. The summed E-state index contributed by atoms with van der Waals surface area (Å²) in [6.07, 6.45) is -1.06. The first-order valence-corrected chi connectivity index (χ1v) is 9.18. The van der Waals surface area contributed by atoms with Gasteiger partial charge in [0, 0.05) is 19.6 Å². The average molecular weight is 364 g/mol. The zero-order chi connectivity index (χ0) is 17.5. The Morgan fingerprint density at radius 3 is 2.88 bits per heavy atom. The molecule has 2 N–H and O–H groups in total. The molecule has 3 fully saturated rings. The molecule has 4 aliphatic rings. The largest absolute Gasteiger partial charge is 0.454 e. The van der Waals surface area contributed by atoms with Gasteiger partial charge in [-0.3, -0.25) is 4.90 Å². The molecule has 26 heavy (non-hydrogen) atoms. The third-order valence-corrected chi connectivity index (χ3v) is 5.58. The summed E-state index contributed by atoms with van der Waals surface area (Å²) < 4.78 is 28.1. The van der Waals surface area contributed by atoms with Crippen LogP contribution in [0.1, 0.15) is 5.56 Å². The van der Waals surface area contributed by atoms with Crippen molar-refractivity contribution in [3.8, 4) is 11.5 Å². The normalized spacial score (nSPS) is 36.4. The van der Waals surface area contributed by atoms with Crippen LogP contribution in [0.5, 0.6) is 11.5 Å². The first kappa shape index (κ1) is 16.7. The predicted molar refractivity (Wildman–Crippen MR) is 90.0 cm³/mol. The van der Waals surface area contributed by atoms with Crippen molar-refractivity contribution in [1.29, 1.82) is 0 Å². The number of nitrogens with one attached hydrogen (secondary N) is 1. The van der Waals surface area contributed by atoms with E-state index in [0.717, 1.165) is 30.2 Å². The van der Waals surface area contributed by atoms with Gasteiger partial charge in [0.2, 0.25) is 6.79 Å². The van der Waals surface area contributed by atoms with Crippen molar-refractivity contribution in [2.75, 3.05) is 39.7 Å². The lowest BCUT2D eigenvalue weighted by molar-refractivity contribution is -0.191. The Morgan fingerprint density at radius 2 is 2.00 bits per heavy atom. The van der Waals surface area contributed by atoms with Crippen LogP contribution in [0.15, 0.2) is 18.2 Å². The van der Waals surface area contributed by atoms with Gasteiger partial charge in [0.05, 0.1) is 38.0 Å². The van der Waals surface area contributed by atoms with Crippen LogP contribution in [0, 0.1) is 0 Å². The van der Waals surface area contributed by atoms with Gasteiger partial charge in [-0.25, -0.2) is 0 Å². The van der Waals surface area contributed by atoms with Crippen molar-refractivity contribution >= 4 is 0 Å². The van der Waals surface area contributed by atoms with Crippen LogP contribution < -0.4 is 14.8 Å². The van der Waals surface area contributed by atoms with Crippen LogP contribution in [0.2, 0.25) is 0 Å². The molecule has 0 amide bonds. The van der Waals surface area contributed by atoms with Gasteiger partial charge in [-0.1, -0.05) is 6.07 Å². The molecule has 5 unspecified atom stereocenters. The van der Waals surface area contributed by atoms with E-state index in [-0.39, 0.29) is 31.3 Å². The average Bonchev–Trinajstić information content (AvgIpc) is 3.30. The van der Waals surface area contributed by atoms with E-state index in [4.69, 9.17) is 23.7 Å². The van der Waals surface area contributed by atoms with Crippen LogP contribution in [-0.4, -0.2) is 80.3 Å². The number of aliphatic hydroxyl groups excluding tert-OH is 1. The highest BCUT2D eigenvalue weighted by atomic mass is 16.7. The van der Waals surface area contributed by atoms with Crippen LogP contribution in [-0.2, 0) is 20.8 Å². The van der Waals surface area contributed by atoms with Gasteiger partial charge in [-0.15, -0.1) is 0 Å². The van der Waals surface area contributed by atoms with Gasteiger partial charge in [0.1, 0.15) is 6.10 Å². The number of morpholine rings is 1. The number of ether oxygens (including phenoxy) is 5. The van der Waals surface area contributed by atoms with E-state index in [0.29, 0.717) is 26.4 Å². The Kier molecular flexibility index (Phi) is 4.48. The number of nitrogens with zero attached hydrogens (tertiary/aromatic N) is 1. The summed E-state index contributed by atoms with van der Waals surface area (Å²) in [4.78, 5) is 2.22. The molecule has 0 aliphatic carbocycles. The minimum absolute atomic E-state index is 0.138. The van der Waals surface area contributed by atoms with Crippen molar-refractivity contribution in [2.45, 2.75) is 37.1 Å². The quantitative estimate of drug-likeness (QED) is 0.753. The first-order chi connectivity index (χ1) is 12.8. The number of hydrogen-bond donors (Lipinski definition) is 2. The molecule has 1 aromatic rings. The van der Waals surface area contributed by atoms with E-state index >= 15 is 0 Å². The van der Waals surface area contributed by atoms with Crippen LogP contribution >= 0.6 is 0 Å². The molecule has 142 valence electrons. The topological polar surface area (TPSA) is 81.7 Å². The minimum atomic E-state index is -0.562. The van der Waals surface area contributed by atoms with Gasteiger partial charge < -0.3 is 34.1 Å². The highest BCUT2D eigenvalue weighted by Crippen LogP contribution is 2.34. The highest BCUT2D eigenvalue weighted by molar-refractivity contribution is 5.44. The van der Waals surface area contributed by atoms with E-state index in [2.05, 4.69) is 10.2 Å². The number of aliphatic hydroxyl groups is 1. The summed E-state index contributed by atoms with van der Waals surface area (Å²) in [7, 11) is 0. The fourth-order valence-corrected chi connectivity index (χ4v) is 4.20. The van der Waals surface area contributed by atoms with Gasteiger partial charge in [-0.2, -0.15) is 0 Å². The smallest absolute Gasteiger partial charge is 0.231 e. The third kappa shape index (κ3) is 2.96. The second-order valence-corrected chi connectivity index (χ2v) is 7.10. The minimum Gasteiger partial charge on any atom is -0.454 e. The Hall–Kier alpha value is -1.42. The molecular formula is C18H24N2O6. The van der Waals surface area contributed by atoms with Crippen LogP contribution in [0.3, 0.4) is 0 Å². The Bertz CT molecular complexity index is 653. The molecule has 5 atom stereocenters. The molecule has 8 nitrogen and oxygen atoms in total. The zero-order valence-corrected chi connectivity index (χ0v) is 14.5. The number of rotatable bonds is 4. The van der Waals surface area contributed by atoms with Gasteiger partial charge >= 0.3 is 0 Å². The summed E-state index contributed by atoms with van der Waals surface area (Å²) in [5.74, 6) is 1.54. The Balaban J connectivity index is 1.28. The van der Waals surface area contributed by atoms with Crippen LogP contribution in [0.4, 0.5) is 0 Å². The summed E-state index contributed by atoms with van der Waals surface area (Å²) in [6.45, 7) is 4.29. The first-order valence-electron chi connectivity index (χ1n) is 9.18. The fourth-order valence-electron chi connectivity index (χ4n) is 4.20. The molecule has 0 aromatic heterocycles. The maximum Gasteiger partial charge on any atom is 0.231 e. The van der Waals surface area contributed by atoms with E-state index in [1.54, 1.807) is 0 Å². The van der Waals surface area contributed by atoms with Gasteiger partial charge in [0.15, 0.2) is 17.8 Å². The molecule has 2 bridgehead atoms. The maximum atomic E-state index is 11.0. The molecule has 8 heteroatoms. The molecular weight excluding hydrogens is 340 g/mol. The predicted octanol–water partition coefficient (Wildman–Crippen LogP) is -0.310. The Labute approximate surface area is 151 Å². The summed E-state index contributed by atoms with van der Waals surface area (Å²) >= 11 is 0. The van der Waals surface area contributed by atoms with E-state index in [1.807, 2.05) is 18.2 Å². The molecule has 3 saturated heterocycles. The highest BCUT2D eigenvalue weighted by Gasteiger charge is 2.52. The summed E-state index contributed by atoms with van der Waals surface area (Å²) in [6, 6.07) is 5.53. The van der Waals surface area contributed by atoms with E-state index < -0.39 is 6.10 Å². The second kappa shape index (κ2) is 6.95. The van der Waals surface area contributed by atoms with Gasteiger partial charge in [-0.05, 0) is 17.7 Å². The van der Waals surface area contributed by atoms with Crippen molar-refractivity contribution in [2.24, 2.45) is 0 Å². The zero-order valence-electron chi connectivity index (χ0n) is 14.5.